The fourth-order valence-corrected chi connectivity index (χ4v) is 3.83. The molecule has 3 N–H and O–H groups in total. The van der Waals surface area contributed by atoms with E-state index in [2.05, 4.69) is 15.6 Å². The molecule has 0 saturated heterocycles. The zero-order chi connectivity index (χ0) is 25.5. The Morgan fingerprint density at radius 3 is 2.42 bits per heavy atom. The Bertz CT molecular complexity index is 1320. The Morgan fingerprint density at radius 1 is 1.03 bits per heavy atom. The zero-order valence-corrected chi connectivity index (χ0v) is 20.2. The Kier molecular flexibility index (Phi) is 7.60. The van der Waals surface area contributed by atoms with E-state index in [4.69, 9.17) is 10.5 Å². The number of hydrogen-bond donors (Lipinski definition) is 2. The number of nitrogens with two attached hydrogens (primary N) is 1. The number of benzene rings is 3. The summed E-state index contributed by atoms with van der Waals surface area (Å²) < 4.78 is 6.63. The summed E-state index contributed by atoms with van der Waals surface area (Å²) in [7, 11) is 3.27. The SMILES string of the molecule is COc1ccc(N(C)C(=O)[C@H](Cc2ccccc2)NC(=O)Cn2cc(-c3ccccc3N)nn2)cc1. The van der Waals surface area contributed by atoms with Gasteiger partial charge in [-0.1, -0.05) is 53.7 Å². The normalized spacial score (nSPS) is 11.5. The molecule has 1 heterocycles. The van der Waals surface area contributed by atoms with Crippen molar-refractivity contribution in [1.29, 1.82) is 0 Å². The maximum absolute atomic E-state index is 13.4. The molecule has 1 aromatic heterocycles. The van der Waals surface area contributed by atoms with Crippen molar-refractivity contribution >= 4 is 23.2 Å². The van der Waals surface area contributed by atoms with Gasteiger partial charge in [-0.25, -0.2) is 4.68 Å². The van der Waals surface area contributed by atoms with Gasteiger partial charge in [0.05, 0.1) is 13.3 Å². The third kappa shape index (κ3) is 5.87. The summed E-state index contributed by atoms with van der Waals surface area (Å²) in [5, 5.41) is 11.1. The van der Waals surface area contributed by atoms with Crippen LogP contribution >= 0.6 is 0 Å². The summed E-state index contributed by atoms with van der Waals surface area (Å²) in [5.41, 5.74) is 9.52. The highest BCUT2D eigenvalue weighted by molar-refractivity contribution is 5.99. The van der Waals surface area contributed by atoms with Crippen LogP contribution in [-0.2, 0) is 22.6 Å². The van der Waals surface area contributed by atoms with Crippen molar-refractivity contribution in [3.8, 4) is 17.0 Å². The molecule has 4 aromatic rings. The summed E-state index contributed by atoms with van der Waals surface area (Å²) in [6, 6.07) is 23.3. The number of nitrogens with one attached hydrogen (secondary N) is 1. The molecule has 0 saturated carbocycles. The fraction of sp³-hybridized carbons (Fsp3) is 0.185. The van der Waals surface area contributed by atoms with Crippen molar-refractivity contribution in [1.82, 2.24) is 20.3 Å². The van der Waals surface area contributed by atoms with Gasteiger partial charge < -0.3 is 20.7 Å². The molecular formula is C27H28N6O3. The molecule has 4 rings (SSSR count). The minimum Gasteiger partial charge on any atom is -0.497 e. The molecule has 3 aromatic carbocycles. The predicted octanol–water partition coefficient (Wildman–Crippen LogP) is 2.93. The van der Waals surface area contributed by atoms with Crippen LogP contribution in [0.3, 0.4) is 0 Å². The molecule has 0 fully saturated rings. The predicted molar refractivity (Wildman–Crippen MR) is 138 cm³/mol. The standard InChI is InChI=1S/C27H28N6O3/c1-32(20-12-14-21(36-2)15-13-20)27(35)24(16-19-8-4-3-5-9-19)29-26(34)18-33-17-25(30-31-33)22-10-6-7-11-23(22)28/h3-15,17,24H,16,18,28H2,1-2H3,(H,29,34)/t24-/m0/s1. The van der Waals surface area contributed by atoms with Gasteiger partial charge in [-0.2, -0.15) is 0 Å². The first-order valence-electron chi connectivity index (χ1n) is 11.4. The highest BCUT2D eigenvalue weighted by atomic mass is 16.5. The second kappa shape index (κ2) is 11.2. The van der Waals surface area contributed by atoms with Crippen molar-refractivity contribution in [2.45, 2.75) is 19.0 Å². The lowest BCUT2D eigenvalue weighted by Gasteiger charge is -2.25. The topological polar surface area (TPSA) is 115 Å². The quantitative estimate of drug-likeness (QED) is 0.353. The van der Waals surface area contributed by atoms with Gasteiger partial charge in [-0.15, -0.1) is 5.10 Å². The summed E-state index contributed by atoms with van der Waals surface area (Å²) in [4.78, 5) is 27.9. The van der Waals surface area contributed by atoms with E-state index in [1.54, 1.807) is 50.7 Å². The van der Waals surface area contributed by atoms with E-state index < -0.39 is 6.04 Å². The fourth-order valence-electron chi connectivity index (χ4n) is 3.83. The van der Waals surface area contributed by atoms with Crippen LogP contribution < -0.4 is 20.7 Å². The smallest absolute Gasteiger partial charge is 0.249 e. The van der Waals surface area contributed by atoms with Gasteiger partial charge in [0, 0.05) is 30.4 Å². The van der Waals surface area contributed by atoms with Crippen LogP contribution in [0.25, 0.3) is 11.3 Å². The third-order valence-electron chi connectivity index (χ3n) is 5.79. The second-order valence-corrected chi connectivity index (χ2v) is 8.29. The van der Waals surface area contributed by atoms with Crippen LogP contribution in [0.1, 0.15) is 5.56 Å². The summed E-state index contributed by atoms with van der Waals surface area (Å²) in [6.07, 6.45) is 2.00. The first-order valence-corrected chi connectivity index (χ1v) is 11.4. The maximum Gasteiger partial charge on any atom is 0.249 e. The highest BCUT2D eigenvalue weighted by Gasteiger charge is 2.25. The average molecular weight is 485 g/mol. The molecule has 0 spiro atoms. The largest absolute Gasteiger partial charge is 0.497 e. The minimum atomic E-state index is -0.778. The number of nitrogens with zero attached hydrogens (tertiary/aromatic N) is 4. The number of amides is 2. The third-order valence-corrected chi connectivity index (χ3v) is 5.79. The van der Waals surface area contributed by atoms with E-state index in [0.717, 1.165) is 11.1 Å². The molecule has 0 unspecified atom stereocenters. The number of methoxy groups -OCH3 is 1. The van der Waals surface area contributed by atoms with Crippen LogP contribution in [0, 0.1) is 0 Å². The van der Waals surface area contributed by atoms with Crippen LogP contribution in [0.2, 0.25) is 0 Å². The number of carbonyl (C=O) groups excluding carboxylic acids is 2. The van der Waals surface area contributed by atoms with E-state index in [1.807, 2.05) is 48.5 Å². The summed E-state index contributed by atoms with van der Waals surface area (Å²) in [6.45, 7) is -0.0927. The van der Waals surface area contributed by atoms with Crippen molar-refractivity contribution in [2.24, 2.45) is 0 Å². The molecule has 0 aliphatic heterocycles. The minimum absolute atomic E-state index is 0.0927. The van der Waals surface area contributed by atoms with E-state index in [1.165, 1.54) is 9.58 Å². The van der Waals surface area contributed by atoms with Crippen LogP contribution in [0.5, 0.6) is 5.75 Å². The lowest BCUT2D eigenvalue weighted by Crippen LogP contribution is -2.49. The van der Waals surface area contributed by atoms with Crippen molar-refractivity contribution in [2.75, 3.05) is 24.8 Å². The number of anilines is 2. The summed E-state index contributed by atoms with van der Waals surface area (Å²) >= 11 is 0. The van der Waals surface area contributed by atoms with Gasteiger partial charge >= 0.3 is 0 Å². The maximum atomic E-state index is 13.4. The van der Waals surface area contributed by atoms with Crippen molar-refractivity contribution in [3.63, 3.8) is 0 Å². The van der Waals surface area contributed by atoms with Gasteiger partial charge in [-0.05, 0) is 35.9 Å². The Morgan fingerprint density at radius 2 is 1.72 bits per heavy atom. The molecule has 0 aliphatic carbocycles. The number of hydrogen-bond acceptors (Lipinski definition) is 6. The highest BCUT2D eigenvalue weighted by Crippen LogP contribution is 2.23. The molecule has 1 atom stereocenters. The first kappa shape index (κ1) is 24.5. The van der Waals surface area contributed by atoms with E-state index in [9.17, 15) is 9.59 Å². The molecule has 0 aliphatic rings. The molecule has 0 radical (unpaired) electrons. The summed E-state index contributed by atoms with van der Waals surface area (Å²) in [5.74, 6) is 0.0943. The van der Waals surface area contributed by atoms with Gasteiger partial charge in [0.2, 0.25) is 11.8 Å². The van der Waals surface area contributed by atoms with Gasteiger partial charge in [0.25, 0.3) is 0 Å². The Hall–Kier alpha value is -4.66. The Balaban J connectivity index is 1.49. The second-order valence-electron chi connectivity index (χ2n) is 8.29. The number of aromatic nitrogens is 3. The molecule has 36 heavy (non-hydrogen) atoms. The Labute approximate surface area is 209 Å². The molecule has 0 bridgehead atoms. The van der Waals surface area contributed by atoms with Crippen molar-refractivity contribution in [3.05, 3.63) is 90.6 Å². The van der Waals surface area contributed by atoms with Crippen LogP contribution in [-0.4, -0.2) is 47.0 Å². The number of ether oxygens (including phenoxy) is 1. The molecule has 9 nitrogen and oxygen atoms in total. The number of nitrogen functional groups attached to an aromatic ring is 1. The monoisotopic (exact) mass is 484 g/mol. The number of para-hydroxylation sites is 1. The number of carbonyl (C=O) groups is 2. The molecule has 2 amide bonds. The lowest BCUT2D eigenvalue weighted by molar-refractivity contribution is -0.127. The average Bonchev–Trinajstić information content (AvgIpc) is 3.36. The van der Waals surface area contributed by atoms with Crippen LogP contribution in [0.4, 0.5) is 11.4 Å². The zero-order valence-electron chi connectivity index (χ0n) is 20.2. The molecule has 184 valence electrons. The van der Waals surface area contributed by atoms with E-state index >= 15 is 0 Å². The number of likely N-dealkylation sites (N-methyl/N-ethyl adjacent to an activating group) is 1. The molecule has 9 heteroatoms. The van der Waals surface area contributed by atoms with Gasteiger partial charge in [0.1, 0.15) is 24.0 Å². The van der Waals surface area contributed by atoms with E-state index in [-0.39, 0.29) is 18.4 Å². The van der Waals surface area contributed by atoms with Crippen LogP contribution in [0.15, 0.2) is 85.1 Å². The van der Waals surface area contributed by atoms with Crippen molar-refractivity contribution < 1.29 is 14.3 Å². The molecular weight excluding hydrogens is 456 g/mol. The van der Waals surface area contributed by atoms with E-state index in [0.29, 0.717) is 29.2 Å². The lowest BCUT2D eigenvalue weighted by atomic mass is 10.0. The number of rotatable bonds is 9. The first-order chi connectivity index (χ1) is 17.4. The van der Waals surface area contributed by atoms with Gasteiger partial charge in [-0.3, -0.25) is 9.59 Å². The van der Waals surface area contributed by atoms with Gasteiger partial charge in [0.15, 0.2) is 0 Å².